The molecule has 1 amide bonds. The predicted molar refractivity (Wildman–Crippen MR) is 82.1 cm³/mol. The highest BCUT2D eigenvalue weighted by molar-refractivity contribution is 5.92. The number of amides is 1. The van der Waals surface area contributed by atoms with Crippen molar-refractivity contribution < 1.29 is 9.90 Å². The standard InChI is InChI=1S/C18H17NO2/c1-19-13-15(14-8-4-2-5-9-14)12-18(21,17(19)20)16-10-6-3-7-11-16/h2-11,13,21H,12H2,1H3. The maximum Gasteiger partial charge on any atom is 0.263 e. The molecule has 0 aliphatic carbocycles. The van der Waals surface area contributed by atoms with Crippen molar-refractivity contribution in [3.05, 3.63) is 78.0 Å². The number of carbonyl (C=O) groups excluding carboxylic acids is 1. The van der Waals surface area contributed by atoms with Crippen LogP contribution < -0.4 is 0 Å². The summed E-state index contributed by atoms with van der Waals surface area (Å²) in [5.74, 6) is -0.298. The molecule has 0 aromatic heterocycles. The third kappa shape index (κ3) is 2.36. The average Bonchev–Trinajstić information content (AvgIpc) is 2.54. The molecular formula is C18H17NO2. The van der Waals surface area contributed by atoms with E-state index in [9.17, 15) is 9.90 Å². The number of carbonyl (C=O) groups is 1. The Labute approximate surface area is 124 Å². The van der Waals surface area contributed by atoms with Crippen LogP contribution in [0.2, 0.25) is 0 Å². The molecule has 1 heterocycles. The van der Waals surface area contributed by atoms with Crippen LogP contribution in [0.5, 0.6) is 0 Å². The summed E-state index contributed by atoms with van der Waals surface area (Å²) in [6.07, 6.45) is 2.08. The first-order valence-corrected chi connectivity index (χ1v) is 6.92. The molecular weight excluding hydrogens is 262 g/mol. The Morgan fingerprint density at radius 3 is 2.19 bits per heavy atom. The van der Waals surface area contributed by atoms with Crippen molar-refractivity contribution in [2.75, 3.05) is 7.05 Å². The van der Waals surface area contributed by atoms with E-state index in [4.69, 9.17) is 0 Å². The molecule has 1 aliphatic rings. The minimum Gasteiger partial charge on any atom is -0.375 e. The highest BCUT2D eigenvalue weighted by Crippen LogP contribution is 2.38. The average molecular weight is 279 g/mol. The summed E-state index contributed by atoms with van der Waals surface area (Å²) in [5, 5.41) is 11.0. The number of nitrogens with zero attached hydrogens (tertiary/aromatic N) is 1. The van der Waals surface area contributed by atoms with E-state index in [1.54, 1.807) is 25.4 Å². The first-order valence-electron chi connectivity index (χ1n) is 6.92. The quantitative estimate of drug-likeness (QED) is 0.918. The van der Waals surface area contributed by atoms with Gasteiger partial charge in [-0.05, 0) is 16.7 Å². The van der Waals surface area contributed by atoms with Gasteiger partial charge in [0.2, 0.25) is 0 Å². The van der Waals surface area contributed by atoms with Gasteiger partial charge >= 0.3 is 0 Å². The first-order chi connectivity index (χ1) is 10.1. The van der Waals surface area contributed by atoms with Gasteiger partial charge in [-0.3, -0.25) is 4.79 Å². The van der Waals surface area contributed by atoms with E-state index in [1.165, 1.54) is 4.90 Å². The highest BCUT2D eigenvalue weighted by atomic mass is 16.3. The van der Waals surface area contributed by atoms with Gasteiger partial charge in [0, 0.05) is 19.7 Å². The fraction of sp³-hybridized carbons (Fsp3) is 0.167. The fourth-order valence-electron chi connectivity index (χ4n) is 2.75. The van der Waals surface area contributed by atoms with Crippen LogP contribution in [-0.2, 0) is 10.4 Å². The lowest BCUT2D eigenvalue weighted by Gasteiger charge is -2.35. The zero-order valence-corrected chi connectivity index (χ0v) is 11.9. The molecule has 0 fully saturated rings. The molecule has 3 heteroatoms. The summed E-state index contributed by atoms with van der Waals surface area (Å²) in [6.45, 7) is 0. The Balaban J connectivity index is 2.05. The van der Waals surface area contributed by atoms with E-state index in [-0.39, 0.29) is 12.3 Å². The van der Waals surface area contributed by atoms with Crippen molar-refractivity contribution in [2.24, 2.45) is 0 Å². The third-order valence-electron chi connectivity index (χ3n) is 3.87. The molecule has 0 spiro atoms. The van der Waals surface area contributed by atoms with E-state index in [0.717, 1.165) is 11.1 Å². The molecule has 0 saturated carbocycles. The second-order valence-corrected chi connectivity index (χ2v) is 5.34. The van der Waals surface area contributed by atoms with Crippen molar-refractivity contribution in [3.8, 4) is 0 Å². The molecule has 1 N–H and O–H groups in total. The number of hydrogen-bond donors (Lipinski definition) is 1. The Hall–Kier alpha value is -2.39. The van der Waals surface area contributed by atoms with Gasteiger partial charge < -0.3 is 10.0 Å². The fourth-order valence-corrected chi connectivity index (χ4v) is 2.75. The van der Waals surface area contributed by atoms with E-state index in [0.29, 0.717) is 5.56 Å². The summed E-state index contributed by atoms with van der Waals surface area (Å²) in [6, 6.07) is 19.0. The highest BCUT2D eigenvalue weighted by Gasteiger charge is 2.43. The van der Waals surface area contributed by atoms with Gasteiger partial charge in [-0.25, -0.2) is 0 Å². The van der Waals surface area contributed by atoms with Crippen molar-refractivity contribution in [2.45, 2.75) is 12.0 Å². The van der Waals surface area contributed by atoms with Gasteiger partial charge in [-0.1, -0.05) is 60.7 Å². The molecule has 0 saturated heterocycles. The predicted octanol–water partition coefficient (Wildman–Crippen LogP) is 2.78. The number of aliphatic hydroxyl groups is 1. The van der Waals surface area contributed by atoms with Crippen LogP contribution in [0.1, 0.15) is 17.5 Å². The summed E-state index contributed by atoms with van der Waals surface area (Å²) < 4.78 is 0. The number of rotatable bonds is 2. The van der Waals surface area contributed by atoms with Gasteiger partial charge in [0.25, 0.3) is 5.91 Å². The van der Waals surface area contributed by atoms with Gasteiger partial charge in [-0.2, -0.15) is 0 Å². The monoisotopic (exact) mass is 279 g/mol. The second kappa shape index (κ2) is 5.19. The van der Waals surface area contributed by atoms with Crippen LogP contribution in [-0.4, -0.2) is 23.0 Å². The third-order valence-corrected chi connectivity index (χ3v) is 3.87. The van der Waals surface area contributed by atoms with Gasteiger partial charge in [0.05, 0.1) is 0 Å². The van der Waals surface area contributed by atoms with E-state index in [2.05, 4.69) is 0 Å². The molecule has 1 atom stereocenters. The summed E-state index contributed by atoms with van der Waals surface area (Å²) in [5.41, 5.74) is 1.09. The van der Waals surface area contributed by atoms with E-state index < -0.39 is 5.60 Å². The van der Waals surface area contributed by atoms with Crippen LogP contribution in [0.25, 0.3) is 5.57 Å². The number of hydrogen-bond acceptors (Lipinski definition) is 2. The molecule has 2 aromatic carbocycles. The van der Waals surface area contributed by atoms with Crippen LogP contribution in [0.4, 0.5) is 0 Å². The molecule has 21 heavy (non-hydrogen) atoms. The Kier molecular flexibility index (Phi) is 3.35. The van der Waals surface area contributed by atoms with Crippen LogP contribution in [0.3, 0.4) is 0 Å². The lowest BCUT2D eigenvalue weighted by Crippen LogP contribution is -2.46. The van der Waals surface area contributed by atoms with Crippen molar-refractivity contribution in [3.63, 3.8) is 0 Å². The van der Waals surface area contributed by atoms with E-state index in [1.807, 2.05) is 48.5 Å². The molecule has 1 unspecified atom stereocenters. The van der Waals surface area contributed by atoms with Crippen molar-refractivity contribution in [1.82, 2.24) is 4.90 Å². The summed E-state index contributed by atoms with van der Waals surface area (Å²) in [7, 11) is 1.68. The molecule has 106 valence electrons. The number of benzene rings is 2. The molecule has 2 aromatic rings. The Morgan fingerprint density at radius 1 is 1.00 bits per heavy atom. The van der Waals surface area contributed by atoms with E-state index >= 15 is 0 Å². The number of likely N-dealkylation sites (N-methyl/N-ethyl adjacent to an activating group) is 1. The SMILES string of the molecule is CN1C=C(c2ccccc2)CC(O)(c2ccccc2)C1=O. The zero-order valence-electron chi connectivity index (χ0n) is 11.9. The minimum absolute atomic E-state index is 0.282. The lowest BCUT2D eigenvalue weighted by atomic mass is 9.82. The van der Waals surface area contributed by atoms with Gasteiger partial charge in [0.1, 0.15) is 0 Å². The minimum atomic E-state index is -1.50. The lowest BCUT2D eigenvalue weighted by molar-refractivity contribution is -0.149. The zero-order chi connectivity index (χ0) is 14.9. The molecule has 0 radical (unpaired) electrons. The normalized spacial score (nSPS) is 22.1. The van der Waals surface area contributed by atoms with Crippen LogP contribution in [0.15, 0.2) is 66.9 Å². The maximum atomic E-state index is 12.5. The maximum absolute atomic E-state index is 12.5. The topological polar surface area (TPSA) is 40.5 Å². The first kappa shape index (κ1) is 13.6. The summed E-state index contributed by atoms with van der Waals surface area (Å²) in [4.78, 5) is 13.9. The Bertz CT molecular complexity index is 679. The van der Waals surface area contributed by atoms with Gasteiger partial charge in [-0.15, -0.1) is 0 Å². The van der Waals surface area contributed by atoms with Crippen LogP contribution in [0, 0.1) is 0 Å². The largest absolute Gasteiger partial charge is 0.375 e. The second-order valence-electron chi connectivity index (χ2n) is 5.34. The molecule has 3 nitrogen and oxygen atoms in total. The molecule has 0 bridgehead atoms. The van der Waals surface area contributed by atoms with Crippen molar-refractivity contribution in [1.29, 1.82) is 0 Å². The van der Waals surface area contributed by atoms with Crippen LogP contribution >= 0.6 is 0 Å². The molecule has 3 rings (SSSR count). The van der Waals surface area contributed by atoms with Crippen molar-refractivity contribution >= 4 is 11.5 Å². The van der Waals surface area contributed by atoms with Gasteiger partial charge in [0.15, 0.2) is 5.60 Å². The Morgan fingerprint density at radius 2 is 1.57 bits per heavy atom. The summed E-state index contributed by atoms with van der Waals surface area (Å²) >= 11 is 0. The molecule has 1 aliphatic heterocycles. The smallest absolute Gasteiger partial charge is 0.263 e.